The summed E-state index contributed by atoms with van der Waals surface area (Å²) in [5, 5.41) is 2.92. The van der Waals surface area contributed by atoms with Crippen molar-refractivity contribution in [2.24, 2.45) is 11.7 Å². The lowest BCUT2D eigenvalue weighted by Gasteiger charge is -2.41. The van der Waals surface area contributed by atoms with Crippen molar-refractivity contribution in [3.05, 3.63) is 54.1 Å². The van der Waals surface area contributed by atoms with Gasteiger partial charge in [0.15, 0.2) is 0 Å². The average Bonchev–Trinajstić information content (AvgIpc) is 3.29. The molecule has 35 heavy (non-hydrogen) atoms. The highest BCUT2D eigenvalue weighted by Crippen LogP contribution is 2.43. The van der Waals surface area contributed by atoms with Gasteiger partial charge in [0.05, 0.1) is 20.1 Å². The SMILES string of the molecule is COc1ccc(NC(=O)[C@@H](c2ccc(OC)cc2)C2(C(N)=O)CCCN2C(=O)CCC(C)C)cc1. The first kappa shape index (κ1) is 26.1. The minimum atomic E-state index is -1.47. The number of carbonyl (C=O) groups is 3. The molecule has 2 atom stereocenters. The van der Waals surface area contributed by atoms with Crippen LogP contribution < -0.4 is 20.5 Å². The van der Waals surface area contributed by atoms with E-state index in [0.717, 1.165) is 0 Å². The van der Waals surface area contributed by atoms with E-state index in [9.17, 15) is 14.4 Å². The van der Waals surface area contributed by atoms with Crippen molar-refractivity contribution in [1.82, 2.24) is 4.90 Å². The molecule has 0 bridgehead atoms. The first-order valence-electron chi connectivity index (χ1n) is 11.9. The van der Waals surface area contributed by atoms with Crippen LogP contribution in [0.3, 0.4) is 0 Å². The minimum Gasteiger partial charge on any atom is -0.497 e. The van der Waals surface area contributed by atoms with Crippen LogP contribution in [0.15, 0.2) is 48.5 Å². The Morgan fingerprint density at radius 2 is 1.57 bits per heavy atom. The number of rotatable bonds is 10. The van der Waals surface area contributed by atoms with E-state index in [1.165, 1.54) is 0 Å². The van der Waals surface area contributed by atoms with Gasteiger partial charge in [-0.3, -0.25) is 14.4 Å². The van der Waals surface area contributed by atoms with E-state index >= 15 is 0 Å². The molecule has 0 radical (unpaired) electrons. The Balaban J connectivity index is 2.05. The van der Waals surface area contributed by atoms with Gasteiger partial charge in [-0.1, -0.05) is 26.0 Å². The number of primary amides is 1. The average molecular weight is 482 g/mol. The predicted molar refractivity (Wildman–Crippen MR) is 134 cm³/mol. The van der Waals surface area contributed by atoms with Gasteiger partial charge in [-0.15, -0.1) is 0 Å². The number of nitrogens with zero attached hydrogens (tertiary/aromatic N) is 1. The Kier molecular flexibility index (Phi) is 8.38. The number of benzene rings is 2. The second-order valence-corrected chi connectivity index (χ2v) is 9.29. The van der Waals surface area contributed by atoms with E-state index in [2.05, 4.69) is 5.32 Å². The van der Waals surface area contributed by atoms with Gasteiger partial charge >= 0.3 is 0 Å². The molecule has 2 aromatic rings. The second kappa shape index (κ2) is 11.3. The van der Waals surface area contributed by atoms with Crippen molar-refractivity contribution >= 4 is 23.4 Å². The first-order valence-corrected chi connectivity index (χ1v) is 11.9. The van der Waals surface area contributed by atoms with Gasteiger partial charge in [0, 0.05) is 18.7 Å². The fourth-order valence-corrected chi connectivity index (χ4v) is 4.76. The van der Waals surface area contributed by atoms with Crippen LogP contribution in [0.4, 0.5) is 5.69 Å². The van der Waals surface area contributed by atoms with Crippen LogP contribution in [0.2, 0.25) is 0 Å². The third-order valence-electron chi connectivity index (χ3n) is 6.63. The van der Waals surface area contributed by atoms with E-state index in [1.54, 1.807) is 67.7 Å². The summed E-state index contributed by atoms with van der Waals surface area (Å²) in [5.74, 6) is -0.653. The van der Waals surface area contributed by atoms with Gasteiger partial charge < -0.3 is 25.4 Å². The van der Waals surface area contributed by atoms with Gasteiger partial charge in [-0.25, -0.2) is 0 Å². The number of hydrogen-bond donors (Lipinski definition) is 2. The lowest BCUT2D eigenvalue weighted by atomic mass is 9.75. The van der Waals surface area contributed by atoms with E-state index in [4.69, 9.17) is 15.2 Å². The fourth-order valence-electron chi connectivity index (χ4n) is 4.76. The number of hydrogen-bond acceptors (Lipinski definition) is 5. The number of methoxy groups -OCH3 is 2. The minimum absolute atomic E-state index is 0.161. The molecule has 1 fully saturated rings. The summed E-state index contributed by atoms with van der Waals surface area (Å²) in [5.41, 5.74) is 5.68. The molecule has 0 aromatic heterocycles. The number of likely N-dealkylation sites (tertiary alicyclic amines) is 1. The molecule has 0 spiro atoms. The molecule has 2 aromatic carbocycles. The van der Waals surface area contributed by atoms with E-state index in [1.807, 2.05) is 13.8 Å². The number of carbonyl (C=O) groups excluding carboxylic acids is 3. The summed E-state index contributed by atoms with van der Waals surface area (Å²) in [6.07, 6.45) is 1.87. The fraction of sp³-hybridized carbons (Fsp3) is 0.444. The zero-order chi connectivity index (χ0) is 25.6. The zero-order valence-corrected chi connectivity index (χ0v) is 20.9. The lowest BCUT2D eigenvalue weighted by molar-refractivity contribution is -0.147. The van der Waals surface area contributed by atoms with Crippen molar-refractivity contribution in [2.75, 3.05) is 26.1 Å². The Bertz CT molecular complexity index is 1040. The smallest absolute Gasteiger partial charge is 0.244 e. The number of nitrogens with one attached hydrogen (secondary N) is 1. The number of anilines is 1. The molecule has 3 rings (SSSR count). The third-order valence-corrected chi connectivity index (χ3v) is 6.63. The van der Waals surface area contributed by atoms with Gasteiger partial charge in [0.1, 0.15) is 17.0 Å². The van der Waals surface area contributed by atoms with Crippen molar-refractivity contribution in [3.63, 3.8) is 0 Å². The number of nitrogens with two attached hydrogens (primary N) is 1. The van der Waals surface area contributed by atoms with E-state index in [-0.39, 0.29) is 5.91 Å². The predicted octanol–water partition coefficient (Wildman–Crippen LogP) is 3.71. The summed E-state index contributed by atoms with van der Waals surface area (Å²) in [4.78, 5) is 41.8. The Hall–Kier alpha value is -3.55. The zero-order valence-electron chi connectivity index (χ0n) is 20.9. The van der Waals surface area contributed by atoms with Crippen LogP contribution in [-0.4, -0.2) is 48.9 Å². The molecule has 1 heterocycles. The summed E-state index contributed by atoms with van der Waals surface area (Å²) in [7, 11) is 3.12. The highest BCUT2D eigenvalue weighted by molar-refractivity contribution is 6.04. The molecular formula is C27H35N3O5. The summed E-state index contributed by atoms with van der Waals surface area (Å²) in [6, 6.07) is 13.9. The molecule has 1 saturated heterocycles. The van der Waals surface area contributed by atoms with Crippen LogP contribution in [0.25, 0.3) is 0 Å². The quantitative estimate of drug-likeness (QED) is 0.537. The molecule has 1 aliphatic rings. The Morgan fingerprint density at radius 3 is 2.09 bits per heavy atom. The summed E-state index contributed by atoms with van der Waals surface area (Å²) in [6.45, 7) is 4.46. The monoisotopic (exact) mass is 481 g/mol. The molecular weight excluding hydrogens is 446 g/mol. The van der Waals surface area contributed by atoms with Gasteiger partial charge in [0.2, 0.25) is 17.7 Å². The molecule has 8 heteroatoms. The normalized spacial score (nSPS) is 18.3. The van der Waals surface area contributed by atoms with E-state index < -0.39 is 23.3 Å². The number of amides is 3. The lowest BCUT2D eigenvalue weighted by Crippen LogP contribution is -2.61. The Morgan fingerprint density at radius 1 is 1.00 bits per heavy atom. The molecule has 8 nitrogen and oxygen atoms in total. The van der Waals surface area contributed by atoms with Crippen molar-refractivity contribution in [3.8, 4) is 11.5 Å². The van der Waals surface area contributed by atoms with Crippen molar-refractivity contribution in [2.45, 2.75) is 51.0 Å². The first-order chi connectivity index (χ1) is 16.7. The molecule has 1 aliphatic heterocycles. The Labute approximate surface area is 206 Å². The second-order valence-electron chi connectivity index (χ2n) is 9.29. The van der Waals surface area contributed by atoms with Crippen molar-refractivity contribution in [1.29, 1.82) is 0 Å². The van der Waals surface area contributed by atoms with Crippen LogP contribution >= 0.6 is 0 Å². The standard InChI is InChI=1S/C27H35N3O5/c1-18(2)6-15-23(31)30-17-5-16-27(30,26(28)33)24(19-7-11-21(34-3)12-8-19)25(32)29-20-9-13-22(35-4)14-10-20/h7-14,18,24H,5-6,15-17H2,1-4H3,(H2,28,33)(H,29,32)/t24-,27?/m1/s1. The van der Waals surface area contributed by atoms with E-state index in [0.29, 0.717) is 60.9 Å². The molecule has 0 aliphatic carbocycles. The maximum atomic E-state index is 13.8. The highest BCUT2D eigenvalue weighted by atomic mass is 16.5. The molecule has 1 unspecified atom stereocenters. The topological polar surface area (TPSA) is 111 Å². The molecule has 188 valence electrons. The van der Waals surface area contributed by atoms with Gasteiger partial charge in [-0.2, -0.15) is 0 Å². The largest absolute Gasteiger partial charge is 0.497 e. The highest BCUT2D eigenvalue weighted by Gasteiger charge is 2.56. The van der Waals surface area contributed by atoms with Crippen LogP contribution in [0.5, 0.6) is 11.5 Å². The summed E-state index contributed by atoms with van der Waals surface area (Å²) >= 11 is 0. The van der Waals surface area contributed by atoms with Crippen LogP contribution in [0, 0.1) is 5.92 Å². The maximum Gasteiger partial charge on any atom is 0.244 e. The van der Waals surface area contributed by atoms with Crippen LogP contribution in [-0.2, 0) is 14.4 Å². The number of ether oxygens (including phenoxy) is 2. The molecule has 3 N–H and O–H groups in total. The third kappa shape index (κ3) is 5.58. The van der Waals surface area contributed by atoms with Gasteiger partial charge in [-0.05, 0) is 67.1 Å². The summed E-state index contributed by atoms with van der Waals surface area (Å²) < 4.78 is 10.5. The molecule has 3 amide bonds. The van der Waals surface area contributed by atoms with Gasteiger partial charge in [0.25, 0.3) is 0 Å². The van der Waals surface area contributed by atoms with Crippen molar-refractivity contribution < 1.29 is 23.9 Å². The van der Waals surface area contributed by atoms with Crippen LogP contribution in [0.1, 0.15) is 51.0 Å². The molecule has 0 saturated carbocycles. The maximum absolute atomic E-state index is 13.8.